The summed E-state index contributed by atoms with van der Waals surface area (Å²) in [4.78, 5) is 7.02. The monoisotopic (exact) mass is 321 g/mol. The number of pyridine rings is 1. The fourth-order valence-electron chi connectivity index (χ4n) is 4.32. The molecular formula is C21H27N3. The molecule has 1 saturated heterocycles. The van der Waals surface area contributed by atoms with E-state index in [2.05, 4.69) is 58.5 Å². The van der Waals surface area contributed by atoms with E-state index in [1.54, 1.807) is 0 Å². The second-order valence-electron chi connectivity index (χ2n) is 7.47. The first-order valence-electron chi connectivity index (χ1n) is 9.23. The Bertz CT molecular complexity index is 645. The van der Waals surface area contributed by atoms with Crippen molar-refractivity contribution in [2.45, 2.75) is 44.8 Å². The summed E-state index contributed by atoms with van der Waals surface area (Å²) in [6.07, 6.45) is 5.51. The van der Waals surface area contributed by atoms with Crippen LogP contribution in [0.4, 0.5) is 0 Å². The molecule has 4 rings (SSSR count). The molecule has 2 aromatic rings. The van der Waals surface area contributed by atoms with Gasteiger partial charge in [-0.2, -0.15) is 0 Å². The van der Waals surface area contributed by atoms with E-state index in [0.717, 1.165) is 19.6 Å². The Morgan fingerprint density at radius 2 is 1.83 bits per heavy atom. The molecule has 0 bridgehead atoms. The fourth-order valence-corrected chi connectivity index (χ4v) is 4.32. The summed E-state index contributed by atoms with van der Waals surface area (Å²) >= 11 is 0. The number of fused-ring (bicyclic) bond motifs is 1. The minimum Gasteiger partial charge on any atom is -0.310 e. The van der Waals surface area contributed by atoms with Gasteiger partial charge in [0, 0.05) is 37.9 Å². The van der Waals surface area contributed by atoms with Crippen molar-refractivity contribution in [3.8, 4) is 0 Å². The summed E-state index contributed by atoms with van der Waals surface area (Å²) in [5.74, 6) is 0.686. The number of aromatic nitrogens is 1. The van der Waals surface area contributed by atoms with Gasteiger partial charge in [0.2, 0.25) is 0 Å². The predicted molar refractivity (Wildman–Crippen MR) is 97.9 cm³/mol. The predicted octanol–water partition coefficient (Wildman–Crippen LogP) is 3.05. The Morgan fingerprint density at radius 3 is 2.50 bits per heavy atom. The molecule has 2 heterocycles. The molecule has 0 spiro atoms. The zero-order valence-electron chi connectivity index (χ0n) is 14.5. The van der Waals surface area contributed by atoms with Crippen LogP contribution in [-0.2, 0) is 19.4 Å². The highest BCUT2D eigenvalue weighted by atomic mass is 15.2. The first kappa shape index (κ1) is 15.8. The van der Waals surface area contributed by atoms with Crippen molar-refractivity contribution in [2.75, 3.05) is 13.1 Å². The van der Waals surface area contributed by atoms with Crippen molar-refractivity contribution in [1.82, 2.24) is 15.2 Å². The zero-order chi connectivity index (χ0) is 16.4. The third kappa shape index (κ3) is 3.52. The molecule has 3 nitrogen and oxygen atoms in total. The molecular weight excluding hydrogens is 294 g/mol. The minimum absolute atomic E-state index is 0.622. The van der Waals surface area contributed by atoms with Gasteiger partial charge in [0.05, 0.1) is 5.69 Å². The third-order valence-electron chi connectivity index (χ3n) is 5.60. The fraction of sp³-hybridized carbons (Fsp3) is 0.476. The number of nitrogens with one attached hydrogen (secondary N) is 1. The van der Waals surface area contributed by atoms with Crippen LogP contribution in [-0.4, -0.2) is 35.1 Å². The standard InChI is InChI=1S/C21H27N3/c1-16-14-24(15-19-8-4-5-10-22-19)11-9-21(16)23-20-12-17-6-2-3-7-18(17)13-20/h2-8,10,16,20-21,23H,9,11-15H2,1H3. The lowest BCUT2D eigenvalue weighted by Crippen LogP contribution is -2.51. The number of hydrogen-bond donors (Lipinski definition) is 1. The lowest BCUT2D eigenvalue weighted by atomic mass is 9.92. The van der Waals surface area contributed by atoms with Crippen LogP contribution in [0.15, 0.2) is 48.7 Å². The molecule has 2 aliphatic rings. The van der Waals surface area contributed by atoms with Crippen molar-refractivity contribution >= 4 is 0 Å². The number of hydrogen-bond acceptors (Lipinski definition) is 3. The molecule has 126 valence electrons. The van der Waals surface area contributed by atoms with E-state index in [9.17, 15) is 0 Å². The maximum absolute atomic E-state index is 4.47. The number of rotatable bonds is 4. The van der Waals surface area contributed by atoms with E-state index in [-0.39, 0.29) is 0 Å². The van der Waals surface area contributed by atoms with Gasteiger partial charge < -0.3 is 5.32 Å². The Balaban J connectivity index is 1.30. The molecule has 0 amide bonds. The van der Waals surface area contributed by atoms with Crippen LogP contribution in [0.3, 0.4) is 0 Å². The van der Waals surface area contributed by atoms with E-state index in [1.807, 2.05) is 12.3 Å². The van der Waals surface area contributed by atoms with Crippen LogP contribution in [0.5, 0.6) is 0 Å². The molecule has 0 saturated carbocycles. The average molecular weight is 321 g/mol. The molecule has 1 N–H and O–H groups in total. The van der Waals surface area contributed by atoms with Gasteiger partial charge in [0.15, 0.2) is 0 Å². The van der Waals surface area contributed by atoms with Crippen LogP contribution < -0.4 is 5.32 Å². The largest absolute Gasteiger partial charge is 0.310 e. The maximum atomic E-state index is 4.47. The quantitative estimate of drug-likeness (QED) is 0.938. The highest BCUT2D eigenvalue weighted by Gasteiger charge is 2.30. The van der Waals surface area contributed by atoms with Crippen LogP contribution in [0.1, 0.15) is 30.2 Å². The van der Waals surface area contributed by atoms with E-state index in [1.165, 1.54) is 36.1 Å². The smallest absolute Gasteiger partial charge is 0.0543 e. The Kier molecular flexibility index (Phi) is 4.63. The second kappa shape index (κ2) is 7.04. The molecule has 24 heavy (non-hydrogen) atoms. The van der Waals surface area contributed by atoms with Crippen molar-refractivity contribution in [3.05, 3.63) is 65.5 Å². The molecule has 3 heteroatoms. The normalized spacial score (nSPS) is 24.9. The minimum atomic E-state index is 0.622. The van der Waals surface area contributed by atoms with Crippen molar-refractivity contribution < 1.29 is 0 Å². The third-order valence-corrected chi connectivity index (χ3v) is 5.60. The van der Waals surface area contributed by atoms with Gasteiger partial charge in [-0.05, 0) is 48.4 Å². The number of benzene rings is 1. The highest BCUT2D eigenvalue weighted by Crippen LogP contribution is 2.25. The summed E-state index contributed by atoms with van der Waals surface area (Å²) in [7, 11) is 0. The number of nitrogens with zero attached hydrogens (tertiary/aromatic N) is 2. The summed E-state index contributed by atoms with van der Waals surface area (Å²) in [6, 6.07) is 16.4. The molecule has 1 fully saturated rings. The lowest BCUT2D eigenvalue weighted by Gasteiger charge is -2.38. The van der Waals surface area contributed by atoms with Crippen molar-refractivity contribution in [1.29, 1.82) is 0 Å². The second-order valence-corrected chi connectivity index (χ2v) is 7.47. The molecule has 1 aliphatic carbocycles. The molecule has 1 aliphatic heterocycles. The van der Waals surface area contributed by atoms with Gasteiger partial charge in [0.25, 0.3) is 0 Å². The average Bonchev–Trinajstić information content (AvgIpc) is 3.01. The summed E-state index contributed by atoms with van der Waals surface area (Å²) < 4.78 is 0. The molecule has 1 aromatic heterocycles. The summed E-state index contributed by atoms with van der Waals surface area (Å²) in [5.41, 5.74) is 4.26. The number of piperidine rings is 1. The van der Waals surface area contributed by atoms with Crippen LogP contribution in [0.2, 0.25) is 0 Å². The van der Waals surface area contributed by atoms with E-state index >= 15 is 0 Å². The Morgan fingerprint density at radius 1 is 1.08 bits per heavy atom. The Hall–Kier alpha value is -1.71. The van der Waals surface area contributed by atoms with Crippen LogP contribution in [0.25, 0.3) is 0 Å². The molecule has 2 unspecified atom stereocenters. The first-order valence-corrected chi connectivity index (χ1v) is 9.23. The van der Waals surface area contributed by atoms with E-state index in [0.29, 0.717) is 18.0 Å². The van der Waals surface area contributed by atoms with Gasteiger partial charge in [0.1, 0.15) is 0 Å². The number of likely N-dealkylation sites (tertiary alicyclic amines) is 1. The maximum Gasteiger partial charge on any atom is 0.0543 e. The SMILES string of the molecule is CC1CN(Cc2ccccn2)CCC1NC1Cc2ccccc2C1. The zero-order valence-corrected chi connectivity index (χ0v) is 14.5. The van der Waals surface area contributed by atoms with Crippen molar-refractivity contribution in [2.24, 2.45) is 5.92 Å². The van der Waals surface area contributed by atoms with Crippen LogP contribution >= 0.6 is 0 Å². The first-order chi connectivity index (χ1) is 11.8. The van der Waals surface area contributed by atoms with E-state index < -0.39 is 0 Å². The molecule has 0 radical (unpaired) electrons. The van der Waals surface area contributed by atoms with Gasteiger partial charge in [-0.1, -0.05) is 37.3 Å². The molecule has 1 aromatic carbocycles. The summed E-state index contributed by atoms with van der Waals surface area (Å²) in [5, 5.41) is 3.96. The summed E-state index contributed by atoms with van der Waals surface area (Å²) in [6.45, 7) is 5.70. The van der Waals surface area contributed by atoms with Gasteiger partial charge in [-0.3, -0.25) is 9.88 Å². The highest BCUT2D eigenvalue weighted by molar-refractivity contribution is 5.33. The Labute approximate surface area is 145 Å². The van der Waals surface area contributed by atoms with E-state index in [4.69, 9.17) is 0 Å². The van der Waals surface area contributed by atoms with Crippen molar-refractivity contribution in [3.63, 3.8) is 0 Å². The lowest BCUT2D eigenvalue weighted by molar-refractivity contribution is 0.133. The van der Waals surface area contributed by atoms with Gasteiger partial charge in [-0.15, -0.1) is 0 Å². The molecule has 2 atom stereocenters. The van der Waals surface area contributed by atoms with Gasteiger partial charge >= 0.3 is 0 Å². The van der Waals surface area contributed by atoms with Gasteiger partial charge in [-0.25, -0.2) is 0 Å². The topological polar surface area (TPSA) is 28.2 Å². The van der Waals surface area contributed by atoms with Crippen LogP contribution in [0, 0.1) is 5.92 Å².